The van der Waals surface area contributed by atoms with Crippen LogP contribution in [0.2, 0.25) is 0 Å². The van der Waals surface area contributed by atoms with E-state index >= 15 is 0 Å². The van der Waals surface area contributed by atoms with Gasteiger partial charge in [0, 0.05) is 4.90 Å². The number of thioether (sulfide) groups is 1. The maximum absolute atomic E-state index is 11.0. The first-order valence-electron chi connectivity index (χ1n) is 4.58. The van der Waals surface area contributed by atoms with Crippen molar-refractivity contribution >= 4 is 23.7 Å². The molecule has 0 atom stereocenters. The summed E-state index contributed by atoms with van der Waals surface area (Å²) < 4.78 is 4.49. The van der Waals surface area contributed by atoms with E-state index in [-0.39, 0.29) is 17.3 Å². The van der Waals surface area contributed by atoms with Crippen molar-refractivity contribution in [2.24, 2.45) is 0 Å². The number of hydrogen-bond acceptors (Lipinski definition) is 4. The second-order valence-electron chi connectivity index (χ2n) is 3.17. The van der Waals surface area contributed by atoms with E-state index in [1.807, 2.05) is 13.0 Å². The molecule has 1 N–H and O–H groups in total. The van der Waals surface area contributed by atoms with Crippen molar-refractivity contribution in [2.75, 3.05) is 12.9 Å². The summed E-state index contributed by atoms with van der Waals surface area (Å²) in [5.74, 6) is -1.25. The van der Waals surface area contributed by atoms with Crippen molar-refractivity contribution in [1.82, 2.24) is 0 Å². The van der Waals surface area contributed by atoms with Crippen molar-refractivity contribution in [3.8, 4) is 0 Å². The van der Waals surface area contributed by atoms with Gasteiger partial charge in [-0.3, -0.25) is 4.79 Å². The molecule has 16 heavy (non-hydrogen) atoms. The van der Waals surface area contributed by atoms with E-state index in [2.05, 4.69) is 4.74 Å². The van der Waals surface area contributed by atoms with Crippen LogP contribution < -0.4 is 0 Å². The fraction of sp³-hybridized carbons (Fsp3) is 0.273. The molecule has 1 rings (SSSR count). The summed E-state index contributed by atoms with van der Waals surface area (Å²) in [5.41, 5.74) is 1.09. The number of hydrogen-bond donors (Lipinski definition) is 1. The third kappa shape index (κ3) is 3.27. The van der Waals surface area contributed by atoms with Gasteiger partial charge in [-0.25, -0.2) is 4.79 Å². The van der Waals surface area contributed by atoms with Crippen molar-refractivity contribution in [3.63, 3.8) is 0 Å². The lowest BCUT2D eigenvalue weighted by Crippen LogP contribution is -2.05. The number of aryl methyl sites for hydroxylation is 1. The molecular weight excluding hydrogens is 228 g/mol. The Morgan fingerprint density at radius 3 is 2.69 bits per heavy atom. The van der Waals surface area contributed by atoms with Gasteiger partial charge in [0.2, 0.25) is 0 Å². The van der Waals surface area contributed by atoms with Crippen LogP contribution in [0.5, 0.6) is 0 Å². The Bertz CT molecular complexity index is 414. The van der Waals surface area contributed by atoms with Gasteiger partial charge in [0.15, 0.2) is 0 Å². The Hall–Kier alpha value is -1.49. The number of methoxy groups -OCH3 is 1. The van der Waals surface area contributed by atoms with Crippen LogP contribution in [0.15, 0.2) is 23.1 Å². The molecule has 0 unspecified atom stereocenters. The summed E-state index contributed by atoms with van der Waals surface area (Å²) in [6, 6.07) is 5.10. The summed E-state index contributed by atoms with van der Waals surface area (Å²) in [5, 5.41) is 8.98. The number of carboxylic acid groups (broad SMARTS) is 1. The summed E-state index contributed by atoms with van der Waals surface area (Å²) in [6.45, 7) is 1.82. The summed E-state index contributed by atoms with van der Waals surface area (Å²) in [4.78, 5) is 22.5. The van der Waals surface area contributed by atoms with Crippen molar-refractivity contribution in [2.45, 2.75) is 11.8 Å². The highest BCUT2D eigenvalue weighted by molar-refractivity contribution is 8.00. The molecule has 0 fully saturated rings. The molecule has 0 spiro atoms. The number of carbonyl (C=O) groups excluding carboxylic acids is 1. The van der Waals surface area contributed by atoms with Gasteiger partial charge in [0.1, 0.15) is 0 Å². The van der Waals surface area contributed by atoms with E-state index in [9.17, 15) is 9.59 Å². The SMILES string of the molecule is COC(=O)CSc1ccc(C)cc1C(=O)O. The van der Waals surface area contributed by atoms with Gasteiger partial charge in [-0.1, -0.05) is 11.6 Å². The van der Waals surface area contributed by atoms with Crippen molar-refractivity contribution < 1.29 is 19.4 Å². The Morgan fingerprint density at radius 1 is 1.44 bits per heavy atom. The lowest BCUT2D eigenvalue weighted by molar-refractivity contribution is -0.137. The van der Waals surface area contributed by atoms with Crippen molar-refractivity contribution in [3.05, 3.63) is 29.3 Å². The number of esters is 1. The molecule has 0 heterocycles. The molecule has 0 amide bonds. The normalized spacial score (nSPS) is 9.88. The van der Waals surface area contributed by atoms with Crippen LogP contribution >= 0.6 is 11.8 Å². The van der Waals surface area contributed by atoms with E-state index < -0.39 is 5.97 Å². The Morgan fingerprint density at radius 2 is 2.12 bits per heavy atom. The number of carboxylic acids is 1. The zero-order valence-electron chi connectivity index (χ0n) is 9.02. The minimum Gasteiger partial charge on any atom is -0.478 e. The van der Waals surface area contributed by atoms with Gasteiger partial charge in [-0.15, -0.1) is 11.8 Å². The largest absolute Gasteiger partial charge is 0.478 e. The maximum Gasteiger partial charge on any atom is 0.336 e. The van der Waals surface area contributed by atoms with E-state index in [0.717, 1.165) is 17.3 Å². The maximum atomic E-state index is 11.0. The molecule has 0 saturated carbocycles. The first-order valence-corrected chi connectivity index (χ1v) is 5.56. The molecule has 0 bridgehead atoms. The molecule has 0 saturated heterocycles. The van der Waals surface area contributed by atoms with Crippen LogP contribution in [0, 0.1) is 6.92 Å². The van der Waals surface area contributed by atoms with Gasteiger partial charge in [-0.05, 0) is 19.1 Å². The zero-order chi connectivity index (χ0) is 12.1. The molecule has 0 radical (unpaired) electrons. The Labute approximate surface area is 97.6 Å². The highest BCUT2D eigenvalue weighted by Crippen LogP contribution is 2.24. The Balaban J connectivity index is 2.87. The molecule has 0 aromatic heterocycles. The van der Waals surface area contributed by atoms with Crippen LogP contribution in [0.3, 0.4) is 0 Å². The fourth-order valence-electron chi connectivity index (χ4n) is 1.13. The third-order valence-electron chi connectivity index (χ3n) is 1.94. The summed E-state index contributed by atoms with van der Waals surface area (Å²) >= 11 is 1.16. The number of benzene rings is 1. The number of carbonyl (C=O) groups is 2. The molecule has 0 aliphatic carbocycles. The summed E-state index contributed by atoms with van der Waals surface area (Å²) in [6.07, 6.45) is 0. The van der Waals surface area contributed by atoms with Gasteiger partial charge in [-0.2, -0.15) is 0 Å². The standard InChI is InChI=1S/C11H12O4S/c1-7-3-4-9(8(5-7)11(13)14)16-6-10(12)15-2/h3-5H,6H2,1-2H3,(H,13,14). The zero-order valence-corrected chi connectivity index (χ0v) is 9.84. The van der Waals surface area contributed by atoms with Crippen LogP contribution in [0.1, 0.15) is 15.9 Å². The van der Waals surface area contributed by atoms with E-state index in [4.69, 9.17) is 5.11 Å². The highest BCUT2D eigenvalue weighted by atomic mass is 32.2. The minimum absolute atomic E-state index is 0.111. The fourth-order valence-corrected chi connectivity index (χ4v) is 1.99. The average Bonchev–Trinajstić information content (AvgIpc) is 2.26. The first-order chi connectivity index (χ1) is 7.54. The smallest absolute Gasteiger partial charge is 0.336 e. The monoisotopic (exact) mass is 240 g/mol. The molecule has 0 aliphatic rings. The Kier molecular flexibility index (Phi) is 4.37. The van der Waals surface area contributed by atoms with E-state index in [1.165, 1.54) is 7.11 Å². The predicted molar refractivity (Wildman–Crippen MR) is 60.9 cm³/mol. The van der Waals surface area contributed by atoms with Crippen molar-refractivity contribution in [1.29, 1.82) is 0 Å². The van der Waals surface area contributed by atoms with Crippen LogP contribution in [0.4, 0.5) is 0 Å². The molecule has 4 nitrogen and oxygen atoms in total. The third-order valence-corrected chi connectivity index (χ3v) is 2.99. The first kappa shape index (κ1) is 12.6. The molecule has 1 aromatic carbocycles. The van der Waals surface area contributed by atoms with Gasteiger partial charge >= 0.3 is 11.9 Å². The number of ether oxygens (including phenoxy) is 1. The van der Waals surface area contributed by atoms with Gasteiger partial charge < -0.3 is 9.84 Å². The molecule has 86 valence electrons. The molecule has 1 aromatic rings. The van der Waals surface area contributed by atoms with E-state index in [1.54, 1.807) is 12.1 Å². The minimum atomic E-state index is -0.990. The molecule has 5 heteroatoms. The molecule has 0 aliphatic heterocycles. The molecular formula is C11H12O4S. The number of aromatic carboxylic acids is 1. The van der Waals surface area contributed by atoms with Crippen LogP contribution in [0.25, 0.3) is 0 Å². The average molecular weight is 240 g/mol. The number of rotatable bonds is 4. The lowest BCUT2D eigenvalue weighted by Gasteiger charge is -2.05. The van der Waals surface area contributed by atoms with Crippen LogP contribution in [-0.2, 0) is 9.53 Å². The van der Waals surface area contributed by atoms with E-state index in [0.29, 0.717) is 4.90 Å². The van der Waals surface area contributed by atoms with Gasteiger partial charge in [0.25, 0.3) is 0 Å². The topological polar surface area (TPSA) is 63.6 Å². The summed E-state index contributed by atoms with van der Waals surface area (Å²) in [7, 11) is 1.30. The van der Waals surface area contributed by atoms with Crippen LogP contribution in [-0.4, -0.2) is 29.9 Å². The second kappa shape index (κ2) is 5.55. The lowest BCUT2D eigenvalue weighted by atomic mass is 10.1. The second-order valence-corrected chi connectivity index (χ2v) is 4.19. The quantitative estimate of drug-likeness (QED) is 0.643. The highest BCUT2D eigenvalue weighted by Gasteiger charge is 2.12. The van der Waals surface area contributed by atoms with Gasteiger partial charge in [0.05, 0.1) is 18.4 Å². The predicted octanol–water partition coefficient (Wildman–Crippen LogP) is 1.96.